The van der Waals surface area contributed by atoms with Gasteiger partial charge in [0.05, 0.1) is 7.11 Å². The lowest BCUT2D eigenvalue weighted by atomic mass is 10.00. The van der Waals surface area contributed by atoms with Gasteiger partial charge in [-0.15, -0.1) is 0 Å². The van der Waals surface area contributed by atoms with Gasteiger partial charge in [0, 0.05) is 29.2 Å². The largest absolute Gasteiger partial charge is 0.467 e. The zero-order chi connectivity index (χ0) is 19.6. The third-order valence-electron chi connectivity index (χ3n) is 4.29. The molecule has 1 aromatic carbocycles. The Bertz CT molecular complexity index is 928. The molecular weight excluding hydrogens is 352 g/mol. The number of ether oxygens (including phenoxy) is 1. The summed E-state index contributed by atoms with van der Waals surface area (Å²) in [6.45, 7) is 3.69. The van der Waals surface area contributed by atoms with E-state index in [4.69, 9.17) is 4.74 Å². The van der Waals surface area contributed by atoms with Crippen molar-refractivity contribution in [3.8, 4) is 0 Å². The van der Waals surface area contributed by atoms with Crippen molar-refractivity contribution in [2.45, 2.75) is 12.5 Å². The fourth-order valence-electron chi connectivity index (χ4n) is 3.00. The molecule has 1 aliphatic rings. The van der Waals surface area contributed by atoms with E-state index in [9.17, 15) is 19.2 Å². The van der Waals surface area contributed by atoms with Crippen molar-refractivity contribution in [2.75, 3.05) is 7.11 Å². The fourth-order valence-corrected chi connectivity index (χ4v) is 3.00. The van der Waals surface area contributed by atoms with Crippen LogP contribution < -0.4 is 16.0 Å². The molecule has 0 saturated carbocycles. The van der Waals surface area contributed by atoms with Crippen LogP contribution in [0.1, 0.15) is 5.56 Å². The van der Waals surface area contributed by atoms with Gasteiger partial charge >= 0.3 is 12.0 Å². The molecule has 4 N–H and O–H groups in total. The Morgan fingerprint density at radius 3 is 2.56 bits per heavy atom. The number of benzene rings is 1. The fraction of sp³-hybridized carbons (Fsp3) is 0.222. The van der Waals surface area contributed by atoms with Crippen molar-refractivity contribution in [1.82, 2.24) is 20.9 Å². The van der Waals surface area contributed by atoms with Gasteiger partial charge in [-0.1, -0.05) is 24.8 Å². The number of barbiturate groups is 1. The summed E-state index contributed by atoms with van der Waals surface area (Å²) in [4.78, 5) is 50.4. The first-order valence-electron chi connectivity index (χ1n) is 8.14. The van der Waals surface area contributed by atoms with Gasteiger partial charge < -0.3 is 15.0 Å². The highest BCUT2D eigenvalue weighted by atomic mass is 16.5. The maximum absolute atomic E-state index is 12.2. The average Bonchev–Trinajstić information content (AvgIpc) is 3.02. The van der Waals surface area contributed by atoms with Crippen LogP contribution in [0.4, 0.5) is 4.79 Å². The molecule has 4 amide bonds. The summed E-state index contributed by atoms with van der Waals surface area (Å²) in [7, 11) is 1.24. The first-order chi connectivity index (χ1) is 12.9. The standard InChI is InChI=1S/C18H18N4O5/c1-9(14-15(23)21-18(26)22-16(14)24)20-13(17(25)27-2)7-10-8-19-12-6-4-3-5-11(10)12/h3-6,8,13-14,19-20H,1,7H2,2H3,(H2,21,22,23,24,26)/t13-/m0/s1. The minimum Gasteiger partial charge on any atom is -0.467 e. The Labute approximate surface area is 154 Å². The van der Waals surface area contributed by atoms with Crippen molar-refractivity contribution in [1.29, 1.82) is 0 Å². The van der Waals surface area contributed by atoms with Gasteiger partial charge in [0.15, 0.2) is 5.92 Å². The normalized spacial score (nSPS) is 15.8. The number of amides is 4. The molecule has 140 valence electrons. The third-order valence-corrected chi connectivity index (χ3v) is 4.29. The number of hydrogen-bond acceptors (Lipinski definition) is 6. The quantitative estimate of drug-likeness (QED) is 0.429. The zero-order valence-corrected chi connectivity index (χ0v) is 14.5. The van der Waals surface area contributed by atoms with Gasteiger partial charge in [-0.2, -0.15) is 0 Å². The van der Waals surface area contributed by atoms with Crippen molar-refractivity contribution in [3.05, 3.63) is 48.3 Å². The number of carbonyl (C=O) groups excluding carboxylic acids is 4. The monoisotopic (exact) mass is 370 g/mol. The van der Waals surface area contributed by atoms with Crippen LogP contribution in [0.3, 0.4) is 0 Å². The minimum atomic E-state index is -1.34. The number of carbonyl (C=O) groups is 4. The zero-order valence-electron chi connectivity index (χ0n) is 14.5. The number of fused-ring (bicyclic) bond motifs is 1. The van der Waals surface area contributed by atoms with Crippen molar-refractivity contribution < 1.29 is 23.9 Å². The number of para-hydroxylation sites is 1. The predicted octanol–water partition coefficient (Wildman–Crippen LogP) is 0.337. The van der Waals surface area contributed by atoms with Gasteiger partial charge in [0.1, 0.15) is 6.04 Å². The summed E-state index contributed by atoms with van der Waals surface area (Å²) in [5.41, 5.74) is 1.77. The van der Waals surface area contributed by atoms with Gasteiger partial charge in [-0.05, 0) is 11.6 Å². The molecular formula is C18H18N4O5. The lowest BCUT2D eigenvalue weighted by molar-refractivity contribution is -0.143. The maximum Gasteiger partial charge on any atom is 0.328 e. The van der Waals surface area contributed by atoms with E-state index in [2.05, 4.69) is 16.9 Å². The van der Waals surface area contributed by atoms with Crippen LogP contribution in [0.25, 0.3) is 10.9 Å². The molecule has 0 aliphatic carbocycles. The second-order valence-electron chi connectivity index (χ2n) is 6.05. The van der Waals surface area contributed by atoms with Crippen molar-refractivity contribution in [3.63, 3.8) is 0 Å². The van der Waals surface area contributed by atoms with Crippen LogP contribution in [0.5, 0.6) is 0 Å². The minimum absolute atomic E-state index is 0.00672. The average molecular weight is 370 g/mol. The van der Waals surface area contributed by atoms with E-state index < -0.39 is 35.8 Å². The van der Waals surface area contributed by atoms with E-state index in [1.165, 1.54) is 7.11 Å². The van der Waals surface area contributed by atoms with Crippen LogP contribution in [-0.2, 0) is 25.5 Å². The number of hydrogen-bond donors (Lipinski definition) is 4. The molecule has 9 heteroatoms. The van der Waals surface area contributed by atoms with E-state index in [0.29, 0.717) is 0 Å². The molecule has 27 heavy (non-hydrogen) atoms. The predicted molar refractivity (Wildman–Crippen MR) is 95.3 cm³/mol. The van der Waals surface area contributed by atoms with Gasteiger partial charge in [0.25, 0.3) is 0 Å². The lowest BCUT2D eigenvalue weighted by Crippen LogP contribution is -2.58. The summed E-state index contributed by atoms with van der Waals surface area (Å²) in [6, 6.07) is 5.83. The van der Waals surface area contributed by atoms with Gasteiger partial charge in [0.2, 0.25) is 11.8 Å². The Balaban J connectivity index is 1.80. The molecule has 1 saturated heterocycles. The highest BCUT2D eigenvalue weighted by molar-refractivity contribution is 6.17. The topological polar surface area (TPSA) is 129 Å². The van der Waals surface area contributed by atoms with Crippen LogP contribution in [0.2, 0.25) is 0 Å². The third kappa shape index (κ3) is 3.66. The Hall–Kier alpha value is -3.62. The SMILES string of the molecule is C=C(N[C@@H](Cc1c[nH]c2ccccc12)C(=O)OC)C1C(=O)NC(=O)NC1=O. The molecule has 0 spiro atoms. The molecule has 1 fully saturated rings. The second kappa shape index (κ2) is 7.32. The van der Waals surface area contributed by atoms with Crippen molar-refractivity contribution >= 4 is 34.7 Å². The Kier molecular flexibility index (Phi) is 4.93. The molecule has 1 atom stereocenters. The molecule has 0 bridgehead atoms. The molecule has 2 aromatic rings. The van der Waals surface area contributed by atoms with Gasteiger partial charge in [-0.3, -0.25) is 20.2 Å². The summed E-state index contributed by atoms with van der Waals surface area (Å²) >= 11 is 0. The molecule has 3 rings (SSSR count). The number of methoxy groups -OCH3 is 1. The summed E-state index contributed by atoms with van der Waals surface area (Å²) in [5.74, 6) is -3.53. The highest BCUT2D eigenvalue weighted by Gasteiger charge is 2.37. The first kappa shape index (κ1) is 18.2. The Morgan fingerprint density at radius 2 is 1.89 bits per heavy atom. The maximum atomic E-state index is 12.2. The van der Waals surface area contributed by atoms with Crippen LogP contribution in [0.15, 0.2) is 42.7 Å². The van der Waals surface area contributed by atoms with E-state index in [-0.39, 0.29) is 12.1 Å². The molecule has 0 unspecified atom stereocenters. The summed E-state index contributed by atoms with van der Waals surface area (Å²) < 4.78 is 4.82. The number of esters is 1. The number of nitrogens with one attached hydrogen (secondary N) is 4. The Morgan fingerprint density at radius 1 is 1.22 bits per heavy atom. The molecule has 9 nitrogen and oxygen atoms in total. The van der Waals surface area contributed by atoms with Crippen LogP contribution >= 0.6 is 0 Å². The molecule has 2 heterocycles. The van der Waals surface area contributed by atoms with Crippen molar-refractivity contribution in [2.24, 2.45) is 5.92 Å². The van der Waals surface area contributed by atoms with E-state index in [0.717, 1.165) is 16.5 Å². The van der Waals surface area contributed by atoms with Gasteiger partial charge in [-0.25, -0.2) is 9.59 Å². The number of imide groups is 2. The molecule has 0 radical (unpaired) electrons. The second-order valence-corrected chi connectivity index (χ2v) is 6.05. The van der Waals surface area contributed by atoms with Crippen LogP contribution in [-0.4, -0.2) is 42.0 Å². The number of aromatic nitrogens is 1. The smallest absolute Gasteiger partial charge is 0.328 e. The van der Waals surface area contributed by atoms with E-state index >= 15 is 0 Å². The number of aromatic amines is 1. The summed E-state index contributed by atoms with van der Waals surface area (Å²) in [5, 5.41) is 7.73. The lowest BCUT2D eigenvalue weighted by Gasteiger charge is -2.26. The molecule has 1 aromatic heterocycles. The highest BCUT2D eigenvalue weighted by Crippen LogP contribution is 2.20. The van der Waals surface area contributed by atoms with E-state index in [1.54, 1.807) is 6.20 Å². The molecule has 1 aliphatic heterocycles. The van der Waals surface area contributed by atoms with E-state index in [1.807, 2.05) is 34.9 Å². The number of H-pyrrole nitrogens is 1. The first-order valence-corrected chi connectivity index (χ1v) is 8.14. The number of rotatable bonds is 6. The number of urea groups is 1. The van der Waals surface area contributed by atoms with Crippen LogP contribution in [0, 0.1) is 5.92 Å². The summed E-state index contributed by atoms with van der Waals surface area (Å²) in [6.07, 6.45) is 2.02.